The molecule has 0 radical (unpaired) electrons. The number of thiophene rings is 1. The van der Waals surface area contributed by atoms with Crippen LogP contribution in [-0.4, -0.2) is 43.5 Å². The molecule has 3 rings (SSSR count). The van der Waals surface area contributed by atoms with E-state index >= 15 is 0 Å². The summed E-state index contributed by atoms with van der Waals surface area (Å²) in [6, 6.07) is 9.46. The minimum absolute atomic E-state index is 0.170. The summed E-state index contributed by atoms with van der Waals surface area (Å²) in [6.45, 7) is 3.03. The first-order valence-corrected chi connectivity index (χ1v) is 12.8. The fourth-order valence-corrected chi connectivity index (χ4v) is 5.79. The van der Waals surface area contributed by atoms with E-state index in [0.29, 0.717) is 37.1 Å². The minimum Gasteiger partial charge on any atom is -0.343 e. The second kappa shape index (κ2) is 10.1. The molecule has 2 aromatic rings. The lowest BCUT2D eigenvalue weighted by atomic mass is 10.1. The molecule has 2 heterocycles. The number of nitrogens with one attached hydrogen (secondary N) is 1. The molecule has 7 nitrogen and oxygen atoms in total. The van der Waals surface area contributed by atoms with Gasteiger partial charge in [-0.3, -0.25) is 9.59 Å². The second-order valence-corrected chi connectivity index (χ2v) is 10.7. The van der Waals surface area contributed by atoms with Crippen molar-refractivity contribution in [3.8, 4) is 6.07 Å². The van der Waals surface area contributed by atoms with Gasteiger partial charge in [0, 0.05) is 18.0 Å². The van der Waals surface area contributed by atoms with Gasteiger partial charge < -0.3 is 10.2 Å². The van der Waals surface area contributed by atoms with E-state index in [-0.39, 0.29) is 11.7 Å². The Labute approximate surface area is 186 Å². The average molecular weight is 460 g/mol. The molecule has 164 valence electrons. The fourth-order valence-electron chi connectivity index (χ4n) is 3.62. The highest BCUT2D eigenvalue weighted by Crippen LogP contribution is 2.24. The first-order valence-electron chi connectivity index (χ1n) is 10.1. The molecule has 0 bridgehead atoms. The number of nitrogens with zero attached hydrogens (tertiary/aromatic N) is 2. The molecule has 0 saturated carbocycles. The highest BCUT2D eigenvalue weighted by Gasteiger charge is 2.29. The summed E-state index contributed by atoms with van der Waals surface area (Å²) in [5.41, 5.74) is 2.08. The number of hydrogen-bond donors (Lipinski definition) is 1. The zero-order chi connectivity index (χ0) is 22.4. The van der Waals surface area contributed by atoms with Crippen LogP contribution in [0.1, 0.15) is 41.3 Å². The van der Waals surface area contributed by atoms with Gasteiger partial charge in [0.15, 0.2) is 9.84 Å². The number of rotatable bonds is 8. The molecular formula is C22H25N3O4S2. The number of benzene rings is 1. The first kappa shape index (κ1) is 23.0. The van der Waals surface area contributed by atoms with Gasteiger partial charge in [0.25, 0.3) is 0 Å². The molecule has 1 unspecified atom stereocenters. The standard InChI is InChI=1S/C22H25N3O4S2/c1-2-3-19(22(27)25-10-8-20-18(13-25)9-11-30-20)24-21(26)15-31(28,29)14-17-6-4-16(12-23)5-7-17/h4-7,9,11,19H,2-3,8,10,13-15H2,1H3,(H,24,26). The molecule has 31 heavy (non-hydrogen) atoms. The highest BCUT2D eigenvalue weighted by molar-refractivity contribution is 7.91. The molecule has 1 N–H and O–H groups in total. The third kappa shape index (κ3) is 6.15. The lowest BCUT2D eigenvalue weighted by Gasteiger charge is -2.30. The molecule has 1 aliphatic heterocycles. The van der Waals surface area contributed by atoms with E-state index in [2.05, 4.69) is 5.32 Å². The Morgan fingerprint density at radius 2 is 2.00 bits per heavy atom. The van der Waals surface area contributed by atoms with Crippen LogP contribution in [-0.2, 0) is 38.1 Å². The normalized spacial score (nSPS) is 14.4. The van der Waals surface area contributed by atoms with Crippen molar-refractivity contribution in [2.45, 2.75) is 44.5 Å². The quantitative estimate of drug-likeness (QED) is 0.652. The SMILES string of the molecule is CCCC(NC(=O)CS(=O)(=O)Cc1ccc(C#N)cc1)C(=O)N1CCc2sccc2C1. The average Bonchev–Trinajstić information content (AvgIpc) is 3.20. The number of hydrogen-bond acceptors (Lipinski definition) is 6. The van der Waals surface area contributed by atoms with Crippen LogP contribution in [0.5, 0.6) is 0 Å². The highest BCUT2D eigenvalue weighted by atomic mass is 32.2. The van der Waals surface area contributed by atoms with E-state index in [4.69, 9.17) is 5.26 Å². The Balaban J connectivity index is 1.60. The van der Waals surface area contributed by atoms with E-state index in [1.54, 1.807) is 40.5 Å². The van der Waals surface area contributed by atoms with E-state index in [0.717, 1.165) is 12.0 Å². The Morgan fingerprint density at radius 1 is 1.26 bits per heavy atom. The first-order chi connectivity index (χ1) is 14.8. The van der Waals surface area contributed by atoms with E-state index in [1.165, 1.54) is 4.88 Å². The van der Waals surface area contributed by atoms with Crippen LogP contribution < -0.4 is 5.32 Å². The van der Waals surface area contributed by atoms with Gasteiger partial charge in [-0.25, -0.2) is 8.42 Å². The molecular weight excluding hydrogens is 434 g/mol. The zero-order valence-corrected chi connectivity index (χ0v) is 19.0. The number of nitriles is 1. The molecule has 1 atom stereocenters. The summed E-state index contributed by atoms with van der Waals surface area (Å²) >= 11 is 1.69. The van der Waals surface area contributed by atoms with Crippen molar-refractivity contribution in [1.29, 1.82) is 5.26 Å². The van der Waals surface area contributed by atoms with Gasteiger partial charge in [-0.1, -0.05) is 25.5 Å². The van der Waals surface area contributed by atoms with Crippen LogP contribution in [0.4, 0.5) is 0 Å². The summed E-state index contributed by atoms with van der Waals surface area (Å²) in [5.74, 6) is -1.83. The van der Waals surface area contributed by atoms with Gasteiger partial charge in [0.1, 0.15) is 11.8 Å². The van der Waals surface area contributed by atoms with E-state index in [9.17, 15) is 18.0 Å². The Morgan fingerprint density at radius 3 is 2.68 bits per heavy atom. The number of sulfone groups is 1. The second-order valence-electron chi connectivity index (χ2n) is 7.63. The third-order valence-corrected chi connectivity index (χ3v) is 7.65. The molecule has 1 aliphatic rings. The summed E-state index contributed by atoms with van der Waals surface area (Å²) < 4.78 is 24.9. The maximum atomic E-state index is 13.0. The van der Waals surface area contributed by atoms with Crippen LogP contribution in [0.15, 0.2) is 35.7 Å². The summed E-state index contributed by atoms with van der Waals surface area (Å²) in [5, 5.41) is 13.5. The molecule has 0 fully saturated rings. The van der Waals surface area contributed by atoms with Gasteiger partial charge in [-0.15, -0.1) is 11.3 Å². The maximum absolute atomic E-state index is 13.0. The zero-order valence-electron chi connectivity index (χ0n) is 17.3. The lowest BCUT2D eigenvalue weighted by molar-refractivity contribution is -0.137. The third-order valence-electron chi connectivity index (χ3n) is 5.15. The van der Waals surface area contributed by atoms with Crippen molar-refractivity contribution in [3.63, 3.8) is 0 Å². The lowest BCUT2D eigenvalue weighted by Crippen LogP contribution is -2.50. The molecule has 9 heteroatoms. The molecule has 0 saturated heterocycles. The summed E-state index contributed by atoms with van der Waals surface area (Å²) in [6.07, 6.45) is 1.93. The molecule has 0 aliphatic carbocycles. The number of amides is 2. The van der Waals surface area contributed by atoms with Gasteiger partial charge in [0.05, 0.1) is 17.4 Å². The molecule has 1 aromatic heterocycles. The van der Waals surface area contributed by atoms with Gasteiger partial charge in [-0.05, 0) is 47.5 Å². The number of fused-ring (bicyclic) bond motifs is 1. The van der Waals surface area contributed by atoms with Crippen LogP contribution in [0, 0.1) is 11.3 Å². The summed E-state index contributed by atoms with van der Waals surface area (Å²) in [4.78, 5) is 28.5. The van der Waals surface area contributed by atoms with Crippen molar-refractivity contribution in [2.75, 3.05) is 12.3 Å². The van der Waals surface area contributed by atoms with E-state index in [1.807, 2.05) is 24.4 Å². The predicted octanol–water partition coefficient (Wildman–Crippen LogP) is 2.40. The Kier molecular flexibility index (Phi) is 7.46. The van der Waals surface area contributed by atoms with Crippen LogP contribution in [0.25, 0.3) is 0 Å². The van der Waals surface area contributed by atoms with Crippen molar-refractivity contribution in [3.05, 3.63) is 57.3 Å². The largest absolute Gasteiger partial charge is 0.343 e. The van der Waals surface area contributed by atoms with Crippen LogP contribution in [0.3, 0.4) is 0 Å². The molecule has 1 aromatic carbocycles. The van der Waals surface area contributed by atoms with Crippen molar-refractivity contribution >= 4 is 33.0 Å². The smallest absolute Gasteiger partial charge is 0.245 e. The van der Waals surface area contributed by atoms with Crippen LogP contribution in [0.2, 0.25) is 0 Å². The minimum atomic E-state index is -3.72. The number of carbonyl (C=O) groups excluding carboxylic acids is 2. The Bertz CT molecular complexity index is 1080. The molecule has 0 spiro atoms. The van der Waals surface area contributed by atoms with Crippen molar-refractivity contribution in [2.24, 2.45) is 0 Å². The topological polar surface area (TPSA) is 107 Å². The predicted molar refractivity (Wildman–Crippen MR) is 119 cm³/mol. The van der Waals surface area contributed by atoms with Gasteiger partial charge in [-0.2, -0.15) is 5.26 Å². The van der Waals surface area contributed by atoms with Gasteiger partial charge >= 0.3 is 0 Å². The van der Waals surface area contributed by atoms with Gasteiger partial charge in [0.2, 0.25) is 11.8 Å². The van der Waals surface area contributed by atoms with E-state index < -0.39 is 27.5 Å². The number of carbonyl (C=O) groups is 2. The fraction of sp³-hybridized carbons (Fsp3) is 0.409. The van der Waals surface area contributed by atoms with Crippen LogP contribution >= 0.6 is 11.3 Å². The monoisotopic (exact) mass is 459 g/mol. The maximum Gasteiger partial charge on any atom is 0.245 e. The van der Waals surface area contributed by atoms with Crippen molar-refractivity contribution in [1.82, 2.24) is 10.2 Å². The molecule has 2 amide bonds. The van der Waals surface area contributed by atoms with Crippen molar-refractivity contribution < 1.29 is 18.0 Å². The Hall–Kier alpha value is -2.70. The summed E-state index contributed by atoms with van der Waals surface area (Å²) in [7, 11) is -3.72.